The molecular weight excluding hydrogens is 757 g/mol. The molecule has 2 aliphatic rings. The highest BCUT2D eigenvalue weighted by atomic mass is 32.1. The van der Waals surface area contributed by atoms with Crippen molar-refractivity contribution in [3.63, 3.8) is 0 Å². The molecule has 2 heterocycles. The summed E-state index contributed by atoms with van der Waals surface area (Å²) < 4.78 is 2.50. The average Bonchev–Trinajstić information content (AvgIpc) is 3.87. The van der Waals surface area contributed by atoms with E-state index in [0.29, 0.717) is 0 Å². The van der Waals surface area contributed by atoms with Crippen molar-refractivity contribution < 1.29 is 0 Å². The average molecular weight is 799 g/mol. The fourth-order valence-electron chi connectivity index (χ4n) is 10.2. The van der Waals surface area contributed by atoms with Gasteiger partial charge in [-0.25, -0.2) is 9.97 Å². The van der Waals surface area contributed by atoms with Crippen molar-refractivity contribution in [2.24, 2.45) is 0 Å². The van der Waals surface area contributed by atoms with Crippen molar-refractivity contribution in [1.29, 1.82) is 0 Å². The Bertz CT molecular complexity index is 3390. The third kappa shape index (κ3) is 5.54. The van der Waals surface area contributed by atoms with Gasteiger partial charge in [0.25, 0.3) is 0 Å². The lowest BCUT2D eigenvalue weighted by Gasteiger charge is -2.24. The maximum Gasteiger partial charge on any atom is 0.160 e. The number of benzene rings is 8. The molecule has 0 amide bonds. The molecular formula is C58H42N2S. The molecule has 61 heavy (non-hydrogen) atoms. The Hall–Kier alpha value is -6.94. The largest absolute Gasteiger partial charge is 0.228 e. The molecule has 0 saturated carbocycles. The van der Waals surface area contributed by atoms with Gasteiger partial charge in [0, 0.05) is 47.7 Å². The molecule has 0 radical (unpaired) electrons. The first-order chi connectivity index (χ1) is 29.7. The quantitative estimate of drug-likeness (QED) is 0.173. The Morgan fingerprint density at radius 2 is 0.885 bits per heavy atom. The van der Waals surface area contributed by atoms with Crippen molar-refractivity contribution in [1.82, 2.24) is 9.97 Å². The molecule has 2 nitrogen and oxygen atoms in total. The predicted molar refractivity (Wildman–Crippen MR) is 257 cm³/mol. The second-order valence-corrected chi connectivity index (χ2v) is 18.8. The molecule has 10 aromatic rings. The first kappa shape index (κ1) is 36.0. The van der Waals surface area contributed by atoms with E-state index in [1.54, 1.807) is 0 Å². The second kappa shape index (κ2) is 13.3. The summed E-state index contributed by atoms with van der Waals surface area (Å²) in [4.78, 5) is 10.4. The summed E-state index contributed by atoms with van der Waals surface area (Å²) in [7, 11) is 0. The van der Waals surface area contributed by atoms with Crippen LogP contribution in [0.4, 0.5) is 0 Å². The molecule has 2 aliphatic carbocycles. The number of hydrogen-bond donors (Lipinski definition) is 0. The van der Waals surface area contributed by atoms with Gasteiger partial charge in [0.15, 0.2) is 5.82 Å². The van der Waals surface area contributed by atoms with Crippen LogP contribution in [0.3, 0.4) is 0 Å². The lowest BCUT2D eigenvalue weighted by atomic mass is 9.79. The van der Waals surface area contributed by atoms with Crippen molar-refractivity contribution >= 4 is 31.5 Å². The van der Waals surface area contributed by atoms with Gasteiger partial charge in [0.1, 0.15) is 0 Å². The summed E-state index contributed by atoms with van der Waals surface area (Å²) in [5.74, 6) is 0.722. The number of thiophene rings is 1. The molecule has 0 bridgehead atoms. The summed E-state index contributed by atoms with van der Waals surface area (Å²) in [5.41, 5.74) is 20.9. The fraction of sp³-hybridized carbons (Fsp3) is 0.103. The molecule has 2 aromatic heterocycles. The van der Waals surface area contributed by atoms with Crippen LogP contribution >= 0.6 is 11.3 Å². The van der Waals surface area contributed by atoms with Crippen LogP contribution in [-0.2, 0) is 10.8 Å². The summed E-state index contributed by atoms with van der Waals surface area (Å²) >= 11 is 1.85. The number of aromatic nitrogens is 2. The highest BCUT2D eigenvalue weighted by Gasteiger charge is 2.41. The molecule has 0 aliphatic heterocycles. The van der Waals surface area contributed by atoms with Gasteiger partial charge in [-0.1, -0.05) is 173 Å². The molecule has 3 heteroatoms. The predicted octanol–water partition coefficient (Wildman–Crippen LogP) is 15.8. The molecule has 0 atom stereocenters. The van der Waals surface area contributed by atoms with E-state index in [9.17, 15) is 0 Å². The number of nitrogens with zero attached hydrogens (tertiary/aromatic N) is 2. The lowest BCUT2D eigenvalue weighted by molar-refractivity contribution is 0.652. The standard InChI is InChI=1S/C58H42N2S/c1-57(2)48-21-12-11-18-41(48)45-32-51-46(33-50(45)57)44-30-39(26-28-49(44)58(51,3)4)40-27-29-54-47(31-40)42-19-13-20-43(55(42)61-54)53-34-52(59-56(60-53)38-16-9-6-10-17-38)37-24-22-36(23-25-37)35-14-7-5-8-15-35/h5-34H,1-4H3. The van der Waals surface area contributed by atoms with Crippen molar-refractivity contribution in [2.75, 3.05) is 0 Å². The SMILES string of the molecule is CC1(C)c2ccccc2-c2cc3c(cc21)-c1cc(-c2ccc4sc5c(-c6cc(-c7ccc(-c8ccccc8)cc7)nc(-c7ccccc7)n6)cccc5c4c2)ccc1C3(C)C. The third-order valence-electron chi connectivity index (χ3n) is 13.5. The molecule has 12 rings (SSSR count). The third-order valence-corrected chi connectivity index (χ3v) is 14.7. The molecule has 290 valence electrons. The van der Waals surface area contributed by atoms with E-state index in [1.807, 2.05) is 17.4 Å². The van der Waals surface area contributed by atoms with E-state index in [0.717, 1.165) is 33.9 Å². The number of hydrogen-bond acceptors (Lipinski definition) is 3. The highest BCUT2D eigenvalue weighted by molar-refractivity contribution is 7.26. The molecule has 0 unspecified atom stereocenters. The summed E-state index contributed by atoms with van der Waals surface area (Å²) in [6.45, 7) is 9.54. The fourth-order valence-corrected chi connectivity index (χ4v) is 11.4. The molecule has 8 aromatic carbocycles. The van der Waals surface area contributed by atoms with Crippen LogP contribution in [0, 0.1) is 0 Å². The minimum absolute atomic E-state index is 0.0417. The lowest BCUT2D eigenvalue weighted by Crippen LogP contribution is -2.16. The number of rotatable bonds is 5. The van der Waals surface area contributed by atoms with Gasteiger partial charge < -0.3 is 0 Å². The van der Waals surface area contributed by atoms with Crippen LogP contribution in [0.25, 0.3) is 98.6 Å². The van der Waals surface area contributed by atoms with Crippen molar-refractivity contribution in [3.8, 4) is 78.4 Å². The second-order valence-electron chi connectivity index (χ2n) is 17.8. The Balaban J connectivity index is 0.956. The Labute approximate surface area is 360 Å². The minimum Gasteiger partial charge on any atom is -0.228 e. The van der Waals surface area contributed by atoms with E-state index in [2.05, 4.69) is 204 Å². The van der Waals surface area contributed by atoms with Crippen LogP contribution < -0.4 is 0 Å². The maximum absolute atomic E-state index is 5.25. The van der Waals surface area contributed by atoms with Crippen LogP contribution in [0.2, 0.25) is 0 Å². The van der Waals surface area contributed by atoms with E-state index < -0.39 is 0 Å². The minimum atomic E-state index is -0.0866. The Kier molecular flexibility index (Phi) is 7.83. The van der Waals surface area contributed by atoms with Gasteiger partial charge in [0.2, 0.25) is 0 Å². The van der Waals surface area contributed by atoms with Crippen molar-refractivity contribution in [3.05, 3.63) is 204 Å². The van der Waals surface area contributed by atoms with Gasteiger partial charge in [-0.2, -0.15) is 0 Å². The Morgan fingerprint density at radius 3 is 1.64 bits per heavy atom. The summed E-state index contributed by atoms with van der Waals surface area (Å²) in [5, 5.41) is 2.52. The summed E-state index contributed by atoms with van der Waals surface area (Å²) in [6.07, 6.45) is 0. The van der Waals surface area contributed by atoms with Crippen molar-refractivity contribution in [2.45, 2.75) is 38.5 Å². The van der Waals surface area contributed by atoms with Gasteiger partial charge in [-0.15, -0.1) is 11.3 Å². The van der Waals surface area contributed by atoms with Crippen LogP contribution in [0.5, 0.6) is 0 Å². The Morgan fingerprint density at radius 1 is 0.344 bits per heavy atom. The van der Waals surface area contributed by atoms with Crippen LogP contribution in [0.15, 0.2) is 182 Å². The topological polar surface area (TPSA) is 25.8 Å². The zero-order chi connectivity index (χ0) is 41.0. The molecule has 0 fully saturated rings. The highest BCUT2D eigenvalue weighted by Crippen LogP contribution is 2.56. The molecule has 0 N–H and O–H groups in total. The van der Waals surface area contributed by atoms with Crippen LogP contribution in [-0.4, -0.2) is 9.97 Å². The van der Waals surface area contributed by atoms with E-state index >= 15 is 0 Å². The zero-order valence-corrected chi connectivity index (χ0v) is 35.4. The van der Waals surface area contributed by atoms with E-state index in [1.165, 1.54) is 86.9 Å². The first-order valence-corrected chi connectivity index (χ1v) is 22.0. The van der Waals surface area contributed by atoms with Gasteiger partial charge in [-0.05, 0) is 103 Å². The zero-order valence-electron chi connectivity index (χ0n) is 34.6. The normalized spacial score (nSPS) is 14.2. The van der Waals surface area contributed by atoms with E-state index in [4.69, 9.17) is 9.97 Å². The molecule has 0 saturated heterocycles. The summed E-state index contributed by atoms with van der Waals surface area (Å²) in [6, 6.07) is 66.6. The number of fused-ring (bicyclic) bond motifs is 9. The van der Waals surface area contributed by atoms with Gasteiger partial charge in [0.05, 0.1) is 11.4 Å². The molecule has 0 spiro atoms. The van der Waals surface area contributed by atoms with Gasteiger partial charge >= 0.3 is 0 Å². The first-order valence-electron chi connectivity index (χ1n) is 21.2. The van der Waals surface area contributed by atoms with E-state index in [-0.39, 0.29) is 10.8 Å². The maximum atomic E-state index is 5.25. The van der Waals surface area contributed by atoms with Crippen LogP contribution in [0.1, 0.15) is 49.9 Å². The smallest absolute Gasteiger partial charge is 0.160 e. The van der Waals surface area contributed by atoms with Gasteiger partial charge in [-0.3, -0.25) is 0 Å². The monoisotopic (exact) mass is 798 g/mol.